The monoisotopic (exact) mass is 692 g/mol. The van der Waals surface area contributed by atoms with Crippen molar-refractivity contribution >= 4 is 17.9 Å². The second-order valence-electron chi connectivity index (χ2n) is 14.1. The van der Waals surface area contributed by atoms with Crippen LogP contribution < -0.4 is 5.11 Å². The highest BCUT2D eigenvalue weighted by molar-refractivity contribution is 5.70. The second kappa shape index (κ2) is 32.7. The van der Waals surface area contributed by atoms with E-state index in [-0.39, 0.29) is 49.1 Å². The van der Waals surface area contributed by atoms with Crippen LogP contribution in [0.15, 0.2) is 36.5 Å². The summed E-state index contributed by atoms with van der Waals surface area (Å²) in [4.78, 5) is 36.6. The minimum atomic E-state index is -1.13. The SMILES string of the molecule is CC/C=C/C/C=C/C/C=C/CCCCC(=O)OC(COCCC(C(=O)[O-])[N+](C)(C)C)COC(=O)CCCCCCCCCCCCCCC. The van der Waals surface area contributed by atoms with Gasteiger partial charge in [0.25, 0.3) is 0 Å². The molecule has 0 saturated carbocycles. The molecule has 0 fully saturated rings. The number of carboxylic acid groups (broad SMARTS) is 1. The highest BCUT2D eigenvalue weighted by Gasteiger charge is 2.25. The minimum absolute atomic E-state index is 0.0269. The number of esters is 2. The Morgan fingerprint density at radius 3 is 1.69 bits per heavy atom. The number of likely N-dealkylation sites (N-methyl/N-ethyl adjacent to an activating group) is 1. The van der Waals surface area contributed by atoms with Gasteiger partial charge in [0.05, 0.1) is 40.3 Å². The zero-order valence-electron chi connectivity index (χ0n) is 32.1. The summed E-state index contributed by atoms with van der Waals surface area (Å²) in [5.41, 5.74) is 0. The number of hydrogen-bond acceptors (Lipinski definition) is 7. The average molecular weight is 692 g/mol. The number of nitrogens with zero attached hydrogens (tertiary/aromatic N) is 1. The fourth-order valence-corrected chi connectivity index (χ4v) is 5.50. The molecule has 0 aromatic heterocycles. The van der Waals surface area contributed by atoms with E-state index in [2.05, 4.69) is 50.3 Å². The maximum absolute atomic E-state index is 12.6. The van der Waals surface area contributed by atoms with E-state index in [1.54, 1.807) is 21.1 Å². The Labute approximate surface area is 300 Å². The third kappa shape index (κ3) is 31.3. The molecule has 0 aliphatic rings. The molecule has 0 radical (unpaired) electrons. The Hall–Kier alpha value is -2.45. The van der Waals surface area contributed by atoms with Crippen LogP contribution in [0.5, 0.6) is 0 Å². The Kier molecular flexibility index (Phi) is 31.1. The molecular formula is C41H73NO7. The number of hydrogen-bond donors (Lipinski definition) is 0. The zero-order valence-corrected chi connectivity index (χ0v) is 32.1. The molecule has 49 heavy (non-hydrogen) atoms. The maximum Gasteiger partial charge on any atom is 0.306 e. The Balaban J connectivity index is 4.46. The largest absolute Gasteiger partial charge is 0.544 e. The quantitative estimate of drug-likeness (QED) is 0.0288. The molecule has 2 unspecified atom stereocenters. The molecule has 0 bridgehead atoms. The molecule has 0 heterocycles. The van der Waals surface area contributed by atoms with E-state index in [0.29, 0.717) is 12.8 Å². The number of allylic oxidation sites excluding steroid dienone is 6. The normalized spacial score (nSPS) is 13.4. The number of rotatable bonds is 34. The van der Waals surface area contributed by atoms with Gasteiger partial charge >= 0.3 is 11.9 Å². The van der Waals surface area contributed by atoms with E-state index < -0.39 is 18.1 Å². The van der Waals surface area contributed by atoms with E-state index in [1.165, 1.54) is 64.2 Å². The number of unbranched alkanes of at least 4 members (excludes halogenated alkanes) is 14. The summed E-state index contributed by atoms with van der Waals surface area (Å²) in [6.45, 7) is 4.49. The molecular weight excluding hydrogens is 618 g/mol. The standard InChI is InChI=1S/C41H73NO7/c1-6-8-10-12-14-16-18-20-22-23-25-27-29-31-39(43)48-36-37(35-47-34-33-38(41(45)46)42(3,4)5)49-40(44)32-30-28-26-24-21-19-17-15-13-11-9-7-2/h9,11,15,17,21,24,37-38H,6-8,10,12-14,16,18-20,22-23,25-36H2,1-5H3/b11-9+,17-15+,24-21+. The van der Waals surface area contributed by atoms with Crippen LogP contribution in [0.2, 0.25) is 0 Å². The van der Waals surface area contributed by atoms with Crippen molar-refractivity contribution in [2.75, 3.05) is 41.0 Å². The lowest BCUT2D eigenvalue weighted by atomic mass is 10.0. The molecule has 8 heteroatoms. The van der Waals surface area contributed by atoms with Gasteiger partial charge in [-0.25, -0.2) is 0 Å². The molecule has 0 N–H and O–H groups in total. The topological polar surface area (TPSA) is 102 Å². The number of carbonyl (C=O) groups is 3. The van der Waals surface area contributed by atoms with E-state index >= 15 is 0 Å². The van der Waals surface area contributed by atoms with Gasteiger partial charge in [0.2, 0.25) is 0 Å². The number of aliphatic carboxylic acids is 1. The van der Waals surface area contributed by atoms with Crippen molar-refractivity contribution in [2.45, 2.75) is 167 Å². The summed E-state index contributed by atoms with van der Waals surface area (Å²) in [5.74, 6) is -1.79. The summed E-state index contributed by atoms with van der Waals surface area (Å²) >= 11 is 0. The van der Waals surface area contributed by atoms with Gasteiger partial charge in [-0.05, 0) is 44.9 Å². The highest BCUT2D eigenvalue weighted by Crippen LogP contribution is 2.14. The van der Waals surface area contributed by atoms with Crippen molar-refractivity contribution in [2.24, 2.45) is 0 Å². The molecule has 0 aromatic carbocycles. The highest BCUT2D eigenvalue weighted by atomic mass is 16.6. The fraction of sp³-hybridized carbons (Fsp3) is 0.780. The van der Waals surface area contributed by atoms with Crippen molar-refractivity contribution in [3.05, 3.63) is 36.5 Å². The first-order chi connectivity index (χ1) is 23.6. The van der Waals surface area contributed by atoms with Crippen molar-refractivity contribution < 1.29 is 38.2 Å². The predicted molar refractivity (Wildman–Crippen MR) is 199 cm³/mol. The van der Waals surface area contributed by atoms with E-state index in [0.717, 1.165) is 51.4 Å². The van der Waals surface area contributed by atoms with Crippen LogP contribution >= 0.6 is 0 Å². The van der Waals surface area contributed by atoms with E-state index in [4.69, 9.17) is 14.2 Å². The van der Waals surface area contributed by atoms with Gasteiger partial charge in [0.15, 0.2) is 6.10 Å². The summed E-state index contributed by atoms with van der Waals surface area (Å²) in [6, 6.07) is -0.729. The Morgan fingerprint density at radius 2 is 1.14 bits per heavy atom. The third-order valence-electron chi connectivity index (χ3n) is 8.54. The van der Waals surface area contributed by atoms with Crippen LogP contribution in [0.4, 0.5) is 0 Å². The van der Waals surface area contributed by atoms with Crippen LogP contribution in [-0.4, -0.2) is 75.5 Å². The molecule has 0 aliphatic carbocycles. The smallest absolute Gasteiger partial charge is 0.306 e. The predicted octanol–water partition coefficient (Wildman–Crippen LogP) is 8.57. The average Bonchev–Trinajstić information content (AvgIpc) is 3.05. The summed E-state index contributed by atoms with van der Waals surface area (Å²) in [6.07, 6.45) is 34.6. The fourth-order valence-electron chi connectivity index (χ4n) is 5.50. The molecule has 8 nitrogen and oxygen atoms in total. The lowest BCUT2D eigenvalue weighted by Crippen LogP contribution is -2.55. The minimum Gasteiger partial charge on any atom is -0.544 e. The molecule has 0 aliphatic heterocycles. The number of quaternary nitrogens is 1. The molecule has 0 amide bonds. The first-order valence-corrected chi connectivity index (χ1v) is 19.5. The van der Waals surface area contributed by atoms with Gasteiger partial charge in [-0.1, -0.05) is 127 Å². The van der Waals surface area contributed by atoms with Gasteiger partial charge in [-0.15, -0.1) is 0 Å². The van der Waals surface area contributed by atoms with Gasteiger partial charge in [-0.3, -0.25) is 9.59 Å². The maximum atomic E-state index is 12.6. The van der Waals surface area contributed by atoms with Gasteiger partial charge in [0, 0.05) is 19.3 Å². The number of ether oxygens (including phenoxy) is 3. The van der Waals surface area contributed by atoms with Crippen LogP contribution in [-0.2, 0) is 28.6 Å². The first-order valence-electron chi connectivity index (χ1n) is 19.5. The third-order valence-corrected chi connectivity index (χ3v) is 8.54. The number of carboxylic acids is 1. The van der Waals surface area contributed by atoms with Gasteiger partial charge in [-0.2, -0.15) is 0 Å². The lowest BCUT2D eigenvalue weighted by Gasteiger charge is -2.34. The lowest BCUT2D eigenvalue weighted by molar-refractivity contribution is -0.889. The van der Waals surface area contributed by atoms with Crippen molar-refractivity contribution in [3.63, 3.8) is 0 Å². The van der Waals surface area contributed by atoms with Crippen molar-refractivity contribution in [1.82, 2.24) is 0 Å². The molecule has 284 valence electrons. The van der Waals surface area contributed by atoms with Crippen molar-refractivity contribution in [1.29, 1.82) is 0 Å². The molecule has 0 saturated heterocycles. The van der Waals surface area contributed by atoms with E-state index in [9.17, 15) is 19.5 Å². The molecule has 0 rings (SSSR count). The summed E-state index contributed by atoms with van der Waals surface area (Å²) < 4.78 is 17.0. The van der Waals surface area contributed by atoms with Crippen LogP contribution in [0, 0.1) is 0 Å². The molecule has 0 spiro atoms. The second-order valence-corrected chi connectivity index (χ2v) is 14.1. The van der Waals surface area contributed by atoms with Crippen LogP contribution in [0.1, 0.15) is 155 Å². The Bertz CT molecular complexity index is 906. The summed E-state index contributed by atoms with van der Waals surface area (Å²) in [5, 5.41) is 11.6. The van der Waals surface area contributed by atoms with Crippen LogP contribution in [0.25, 0.3) is 0 Å². The van der Waals surface area contributed by atoms with Gasteiger partial charge in [0.1, 0.15) is 12.6 Å². The molecule has 0 aromatic rings. The first kappa shape index (κ1) is 46.5. The van der Waals surface area contributed by atoms with Crippen LogP contribution in [0.3, 0.4) is 0 Å². The number of carbonyl (C=O) groups excluding carboxylic acids is 3. The summed E-state index contributed by atoms with van der Waals surface area (Å²) in [7, 11) is 5.38. The van der Waals surface area contributed by atoms with Crippen molar-refractivity contribution in [3.8, 4) is 0 Å². The zero-order chi connectivity index (χ0) is 36.4. The van der Waals surface area contributed by atoms with Gasteiger partial charge < -0.3 is 28.6 Å². The van der Waals surface area contributed by atoms with E-state index in [1.807, 2.05) is 0 Å². The Morgan fingerprint density at radius 1 is 0.633 bits per heavy atom. The molecule has 2 atom stereocenters.